The standard InChI is InChI=1S/C47H29NO/c1-2-11-30(12-3-1)31-21-23-32(24-22-31)45-37-15-6-8-17-39(37)46(40-18-9-7-16-38(40)45)43-26-25-35(29-48-43)36-19-10-20-41-42-27-33-13-4-5-14-34(33)28-44(42)49-47(36)41/h1-29H. The van der Waals surface area contributed by atoms with E-state index in [0.717, 1.165) is 44.3 Å². The summed E-state index contributed by atoms with van der Waals surface area (Å²) >= 11 is 0. The van der Waals surface area contributed by atoms with Crippen LogP contribution in [0.3, 0.4) is 0 Å². The summed E-state index contributed by atoms with van der Waals surface area (Å²) in [6.07, 6.45) is 1.99. The van der Waals surface area contributed by atoms with Gasteiger partial charge in [0.05, 0.1) is 5.69 Å². The minimum Gasteiger partial charge on any atom is -0.455 e. The number of aromatic nitrogens is 1. The summed E-state index contributed by atoms with van der Waals surface area (Å²) in [7, 11) is 0. The van der Waals surface area contributed by atoms with Gasteiger partial charge in [-0.1, -0.05) is 152 Å². The van der Waals surface area contributed by atoms with Crippen molar-refractivity contribution in [3.63, 3.8) is 0 Å². The Kier molecular flexibility index (Phi) is 6.22. The van der Waals surface area contributed by atoms with Crippen molar-refractivity contribution >= 4 is 54.3 Å². The molecule has 2 aromatic heterocycles. The van der Waals surface area contributed by atoms with Gasteiger partial charge in [0.1, 0.15) is 11.2 Å². The van der Waals surface area contributed by atoms with Gasteiger partial charge >= 0.3 is 0 Å². The van der Waals surface area contributed by atoms with E-state index in [1.54, 1.807) is 0 Å². The summed E-state index contributed by atoms with van der Waals surface area (Å²) < 4.78 is 6.54. The van der Waals surface area contributed by atoms with E-state index in [9.17, 15) is 0 Å². The van der Waals surface area contributed by atoms with Crippen molar-refractivity contribution in [2.45, 2.75) is 0 Å². The zero-order valence-electron chi connectivity index (χ0n) is 26.6. The molecule has 0 bridgehead atoms. The van der Waals surface area contributed by atoms with Crippen LogP contribution in [0, 0.1) is 0 Å². The van der Waals surface area contributed by atoms with Crippen LogP contribution in [0.5, 0.6) is 0 Å². The Morgan fingerprint density at radius 2 is 0.918 bits per heavy atom. The normalized spacial score (nSPS) is 11.7. The fourth-order valence-corrected chi connectivity index (χ4v) is 7.59. The van der Waals surface area contributed by atoms with Crippen LogP contribution in [-0.4, -0.2) is 4.98 Å². The predicted octanol–water partition coefficient (Wildman–Crippen LogP) is 13.1. The molecule has 0 aliphatic rings. The highest BCUT2D eigenvalue weighted by Crippen LogP contribution is 2.44. The van der Waals surface area contributed by atoms with Crippen LogP contribution in [0.15, 0.2) is 180 Å². The maximum absolute atomic E-state index is 6.54. The lowest BCUT2D eigenvalue weighted by molar-refractivity contribution is 0.670. The Hall–Kier alpha value is -6.51. The third-order valence-electron chi connectivity index (χ3n) is 9.91. The first-order chi connectivity index (χ1) is 24.3. The molecular weight excluding hydrogens is 595 g/mol. The first kappa shape index (κ1) is 27.6. The Labute approximate surface area is 283 Å². The maximum atomic E-state index is 6.54. The quantitative estimate of drug-likeness (QED) is 0.182. The van der Waals surface area contributed by atoms with Crippen LogP contribution in [0.4, 0.5) is 0 Å². The molecule has 2 heterocycles. The summed E-state index contributed by atoms with van der Waals surface area (Å²) in [5, 5.41) is 9.45. The Morgan fingerprint density at radius 1 is 0.367 bits per heavy atom. The number of para-hydroxylation sites is 1. The lowest BCUT2D eigenvalue weighted by Crippen LogP contribution is -1.93. The van der Waals surface area contributed by atoms with Crippen LogP contribution < -0.4 is 0 Å². The predicted molar refractivity (Wildman–Crippen MR) is 206 cm³/mol. The molecule has 228 valence electrons. The van der Waals surface area contributed by atoms with E-state index in [1.807, 2.05) is 6.20 Å². The molecular formula is C47H29NO. The molecule has 10 rings (SSSR count). The zero-order valence-corrected chi connectivity index (χ0v) is 26.6. The van der Waals surface area contributed by atoms with E-state index in [-0.39, 0.29) is 0 Å². The van der Waals surface area contributed by atoms with E-state index in [4.69, 9.17) is 9.40 Å². The lowest BCUT2D eigenvalue weighted by atomic mass is 9.87. The lowest BCUT2D eigenvalue weighted by Gasteiger charge is -2.17. The molecule has 8 aromatic carbocycles. The van der Waals surface area contributed by atoms with Crippen LogP contribution in [0.1, 0.15) is 0 Å². The Morgan fingerprint density at radius 3 is 1.59 bits per heavy atom. The number of fused-ring (bicyclic) bond motifs is 6. The molecule has 0 aliphatic carbocycles. The minimum absolute atomic E-state index is 0.890. The molecule has 0 aliphatic heterocycles. The number of rotatable bonds is 4. The number of furan rings is 1. The number of pyridine rings is 1. The van der Waals surface area contributed by atoms with Crippen molar-refractivity contribution in [2.24, 2.45) is 0 Å². The SMILES string of the molecule is c1ccc(-c2ccc(-c3c4ccccc4c(-c4ccc(-c5cccc6c5oc5cc7ccccc7cc56)cn4)c4ccccc34)cc2)cc1. The summed E-state index contributed by atoms with van der Waals surface area (Å²) in [4.78, 5) is 5.14. The second kappa shape index (κ2) is 11.0. The van der Waals surface area contributed by atoms with Crippen molar-refractivity contribution < 1.29 is 4.42 Å². The molecule has 0 amide bonds. The summed E-state index contributed by atoms with van der Waals surface area (Å²) in [6, 6.07) is 60.5. The van der Waals surface area contributed by atoms with Gasteiger partial charge in [0.15, 0.2) is 0 Å². The van der Waals surface area contributed by atoms with Crippen LogP contribution in [0.25, 0.3) is 98.9 Å². The van der Waals surface area contributed by atoms with E-state index in [1.165, 1.54) is 54.6 Å². The van der Waals surface area contributed by atoms with Crippen LogP contribution in [-0.2, 0) is 0 Å². The van der Waals surface area contributed by atoms with Gasteiger partial charge in [-0.05, 0) is 72.8 Å². The van der Waals surface area contributed by atoms with Crippen molar-refractivity contribution in [2.75, 3.05) is 0 Å². The fourth-order valence-electron chi connectivity index (χ4n) is 7.59. The van der Waals surface area contributed by atoms with E-state index in [0.29, 0.717) is 0 Å². The fraction of sp³-hybridized carbons (Fsp3) is 0. The second-order valence-corrected chi connectivity index (χ2v) is 12.7. The summed E-state index contributed by atoms with van der Waals surface area (Å²) in [5.41, 5.74) is 10.8. The molecule has 0 N–H and O–H groups in total. The van der Waals surface area contributed by atoms with Gasteiger partial charge in [-0.2, -0.15) is 0 Å². The average Bonchev–Trinajstić information content (AvgIpc) is 3.54. The van der Waals surface area contributed by atoms with Crippen molar-refractivity contribution in [3.8, 4) is 44.6 Å². The maximum Gasteiger partial charge on any atom is 0.143 e. The number of nitrogens with zero attached hydrogens (tertiary/aromatic N) is 1. The molecule has 0 spiro atoms. The number of hydrogen-bond donors (Lipinski definition) is 0. The largest absolute Gasteiger partial charge is 0.455 e. The van der Waals surface area contributed by atoms with Gasteiger partial charge in [0, 0.05) is 33.7 Å². The second-order valence-electron chi connectivity index (χ2n) is 12.7. The van der Waals surface area contributed by atoms with Gasteiger partial charge in [0.25, 0.3) is 0 Å². The molecule has 2 nitrogen and oxygen atoms in total. The van der Waals surface area contributed by atoms with Crippen molar-refractivity contribution in [1.29, 1.82) is 0 Å². The average molecular weight is 624 g/mol. The first-order valence-electron chi connectivity index (χ1n) is 16.7. The van der Waals surface area contributed by atoms with Gasteiger partial charge in [-0.15, -0.1) is 0 Å². The number of hydrogen-bond acceptors (Lipinski definition) is 2. The summed E-state index contributed by atoms with van der Waals surface area (Å²) in [5.74, 6) is 0. The highest BCUT2D eigenvalue weighted by molar-refractivity contribution is 6.21. The topological polar surface area (TPSA) is 26.0 Å². The van der Waals surface area contributed by atoms with Crippen LogP contribution in [0.2, 0.25) is 0 Å². The van der Waals surface area contributed by atoms with Crippen molar-refractivity contribution in [3.05, 3.63) is 176 Å². The molecule has 49 heavy (non-hydrogen) atoms. The highest BCUT2D eigenvalue weighted by atomic mass is 16.3. The van der Waals surface area contributed by atoms with E-state index in [2.05, 4.69) is 170 Å². The molecule has 0 radical (unpaired) electrons. The van der Waals surface area contributed by atoms with E-state index >= 15 is 0 Å². The monoisotopic (exact) mass is 623 g/mol. The highest BCUT2D eigenvalue weighted by Gasteiger charge is 2.18. The number of benzene rings is 8. The molecule has 0 unspecified atom stereocenters. The molecule has 10 aromatic rings. The van der Waals surface area contributed by atoms with E-state index < -0.39 is 0 Å². The minimum atomic E-state index is 0.890. The Balaban J connectivity index is 1.11. The summed E-state index contributed by atoms with van der Waals surface area (Å²) in [6.45, 7) is 0. The molecule has 0 fully saturated rings. The zero-order chi connectivity index (χ0) is 32.3. The van der Waals surface area contributed by atoms with Gasteiger partial charge in [-0.3, -0.25) is 4.98 Å². The first-order valence-corrected chi connectivity index (χ1v) is 16.7. The van der Waals surface area contributed by atoms with Gasteiger partial charge in [-0.25, -0.2) is 0 Å². The molecule has 0 saturated carbocycles. The molecule has 0 atom stereocenters. The third-order valence-corrected chi connectivity index (χ3v) is 9.91. The molecule has 2 heteroatoms. The Bertz CT molecular complexity index is 2790. The van der Waals surface area contributed by atoms with Gasteiger partial charge in [0.2, 0.25) is 0 Å². The van der Waals surface area contributed by atoms with Gasteiger partial charge < -0.3 is 4.42 Å². The smallest absolute Gasteiger partial charge is 0.143 e. The third kappa shape index (κ3) is 4.46. The van der Waals surface area contributed by atoms with Crippen molar-refractivity contribution in [1.82, 2.24) is 4.98 Å². The molecule has 0 saturated heterocycles. The van der Waals surface area contributed by atoms with Crippen LogP contribution >= 0.6 is 0 Å².